The van der Waals surface area contributed by atoms with Crippen LogP contribution < -0.4 is 0 Å². The fraction of sp³-hybridized carbons (Fsp3) is 0.458. The molecule has 1 unspecified atom stereocenters. The second-order valence-corrected chi connectivity index (χ2v) is 13.1. The van der Waals surface area contributed by atoms with E-state index in [2.05, 4.69) is 15.9 Å². The third kappa shape index (κ3) is 7.44. The molecule has 0 aliphatic rings. The van der Waals surface area contributed by atoms with Gasteiger partial charge in [-0.15, -0.1) is 0 Å². The fourth-order valence-corrected chi connectivity index (χ4v) is 9.34. The largest absolute Gasteiger partial charge is 0.345 e. The van der Waals surface area contributed by atoms with E-state index in [9.17, 15) is 13.9 Å². The summed E-state index contributed by atoms with van der Waals surface area (Å²) < 4.78 is 51.2. The molecule has 7 nitrogen and oxygen atoms in total. The number of halogens is 1. The second kappa shape index (κ2) is 13.8. The van der Waals surface area contributed by atoms with Crippen LogP contribution in [0.2, 0.25) is 0 Å². The van der Waals surface area contributed by atoms with Crippen LogP contribution in [0.1, 0.15) is 56.0 Å². The van der Waals surface area contributed by atoms with Crippen molar-refractivity contribution in [3.05, 3.63) is 70.2 Å². The van der Waals surface area contributed by atoms with Crippen LogP contribution in [0.4, 0.5) is 0 Å². The first-order valence-electron chi connectivity index (χ1n) is 11.4. The van der Waals surface area contributed by atoms with Crippen LogP contribution in [-0.4, -0.2) is 37.6 Å². The monoisotopic (exact) mass is 574 g/mol. The first kappa shape index (κ1) is 29.1. The van der Waals surface area contributed by atoms with Crippen LogP contribution in [0.25, 0.3) is 0 Å². The number of benzene rings is 2. The molecule has 0 bridgehead atoms. The molecule has 2 rings (SSSR count). The number of hydrogen-bond acceptors (Lipinski definition) is 7. The first-order chi connectivity index (χ1) is 16.2. The van der Waals surface area contributed by atoms with E-state index in [0.29, 0.717) is 11.1 Å². The molecular formula is C24H33BrO7P2. The lowest BCUT2D eigenvalue weighted by molar-refractivity contribution is 0.0954. The van der Waals surface area contributed by atoms with Crippen molar-refractivity contribution in [1.82, 2.24) is 0 Å². The van der Waals surface area contributed by atoms with Gasteiger partial charge in [-0.25, -0.2) is 0 Å². The van der Waals surface area contributed by atoms with Crippen molar-refractivity contribution in [2.75, 3.05) is 26.4 Å². The molecule has 0 N–H and O–H groups in total. The van der Waals surface area contributed by atoms with Crippen LogP contribution in [-0.2, 0) is 27.2 Å². The Balaban J connectivity index is 2.65. The molecule has 0 aliphatic heterocycles. The molecule has 188 valence electrons. The van der Waals surface area contributed by atoms with Gasteiger partial charge in [0, 0.05) is 16.0 Å². The third-order valence-electron chi connectivity index (χ3n) is 5.06. The van der Waals surface area contributed by atoms with Gasteiger partial charge >= 0.3 is 15.2 Å². The number of rotatable bonds is 15. The Hall–Kier alpha value is -1.11. The zero-order valence-corrected chi connectivity index (χ0v) is 23.4. The minimum atomic E-state index is -4.00. The van der Waals surface area contributed by atoms with Crippen molar-refractivity contribution >= 4 is 36.9 Å². The van der Waals surface area contributed by atoms with Crippen LogP contribution >= 0.6 is 31.1 Å². The summed E-state index contributed by atoms with van der Waals surface area (Å²) in [6.45, 7) is 7.00. The molecule has 0 saturated carbocycles. The van der Waals surface area contributed by atoms with E-state index in [0.717, 1.165) is 4.47 Å². The number of hydrogen-bond donors (Lipinski definition) is 0. The standard InChI is InChI=1S/C24H33BrO7P2/c1-5-29-33(27,30-6-2)23(34(28,31-7-3)32-8-4)18-22(19-12-10-9-11-13-19)24(26)20-14-16-21(25)17-15-20/h9-17,22-23H,5-8,18H2,1-4H3. The molecule has 0 saturated heterocycles. The number of Topliss-reactive ketones (excluding diaryl/α,β-unsaturated/α-hetero) is 1. The maximum Gasteiger partial charge on any atom is 0.345 e. The van der Waals surface area contributed by atoms with Crippen LogP contribution in [0.3, 0.4) is 0 Å². The van der Waals surface area contributed by atoms with E-state index in [4.69, 9.17) is 18.1 Å². The van der Waals surface area contributed by atoms with Crippen molar-refractivity contribution in [2.24, 2.45) is 0 Å². The van der Waals surface area contributed by atoms with E-state index in [1.807, 2.05) is 30.3 Å². The van der Waals surface area contributed by atoms with Gasteiger partial charge in [-0.3, -0.25) is 13.9 Å². The number of carbonyl (C=O) groups is 1. The molecule has 0 aliphatic carbocycles. The minimum Gasteiger partial charge on any atom is -0.308 e. The van der Waals surface area contributed by atoms with Crippen molar-refractivity contribution in [2.45, 2.75) is 45.4 Å². The number of carbonyl (C=O) groups excluding carboxylic acids is 1. The van der Waals surface area contributed by atoms with Gasteiger partial charge < -0.3 is 18.1 Å². The molecule has 0 radical (unpaired) electrons. The molecule has 10 heteroatoms. The van der Waals surface area contributed by atoms with Gasteiger partial charge in [0.15, 0.2) is 11.2 Å². The summed E-state index contributed by atoms with van der Waals surface area (Å²) in [5, 5.41) is -1.29. The molecule has 0 fully saturated rings. The molecule has 2 aromatic rings. The molecule has 0 spiro atoms. The van der Waals surface area contributed by atoms with Gasteiger partial charge in [-0.1, -0.05) is 58.4 Å². The fourth-order valence-electron chi connectivity index (χ4n) is 3.68. The maximum absolute atomic E-state index is 14.0. The Morgan fingerprint density at radius 1 is 0.765 bits per heavy atom. The second-order valence-electron chi connectivity index (χ2n) is 7.30. The molecule has 0 heterocycles. The number of ketones is 1. The van der Waals surface area contributed by atoms with Gasteiger partial charge in [0.05, 0.1) is 26.4 Å². The predicted molar refractivity (Wildman–Crippen MR) is 138 cm³/mol. The zero-order chi connectivity index (χ0) is 25.2. The van der Waals surface area contributed by atoms with Crippen molar-refractivity contribution in [1.29, 1.82) is 0 Å². The normalized spacial score (nSPS) is 13.2. The average Bonchev–Trinajstić information content (AvgIpc) is 2.81. The van der Waals surface area contributed by atoms with Gasteiger partial charge in [-0.05, 0) is 51.8 Å². The van der Waals surface area contributed by atoms with E-state index >= 15 is 0 Å². The summed E-state index contributed by atoms with van der Waals surface area (Å²) in [6, 6.07) is 16.1. The quantitative estimate of drug-likeness (QED) is 0.159. The minimum absolute atomic E-state index is 0.0721. The Bertz CT molecular complexity index is 948. The Labute approximate surface area is 210 Å². The van der Waals surface area contributed by atoms with E-state index in [1.54, 1.807) is 52.0 Å². The topological polar surface area (TPSA) is 88.1 Å². The first-order valence-corrected chi connectivity index (χ1v) is 15.4. The maximum atomic E-state index is 14.0. The highest BCUT2D eigenvalue weighted by Gasteiger charge is 2.52. The lowest BCUT2D eigenvalue weighted by atomic mass is 9.88. The highest BCUT2D eigenvalue weighted by molar-refractivity contribution is 9.10. The van der Waals surface area contributed by atoms with E-state index < -0.39 is 26.5 Å². The molecule has 2 aromatic carbocycles. The molecule has 34 heavy (non-hydrogen) atoms. The average molecular weight is 575 g/mol. The third-order valence-corrected chi connectivity index (χ3v) is 11.6. The van der Waals surface area contributed by atoms with Gasteiger partial charge in [0.1, 0.15) is 0 Å². The summed E-state index contributed by atoms with van der Waals surface area (Å²) in [5.41, 5.74) is 1.17. The van der Waals surface area contributed by atoms with Crippen molar-refractivity contribution < 1.29 is 32.0 Å². The summed E-state index contributed by atoms with van der Waals surface area (Å²) in [5.74, 6) is -0.987. The zero-order valence-electron chi connectivity index (χ0n) is 20.0. The molecule has 0 aromatic heterocycles. The highest BCUT2D eigenvalue weighted by Crippen LogP contribution is 2.72. The Kier molecular flexibility index (Phi) is 11.9. The van der Waals surface area contributed by atoms with Gasteiger partial charge in [0.2, 0.25) is 0 Å². The van der Waals surface area contributed by atoms with Crippen LogP contribution in [0, 0.1) is 0 Å². The van der Waals surface area contributed by atoms with Gasteiger partial charge in [0.25, 0.3) is 0 Å². The summed E-state index contributed by atoms with van der Waals surface area (Å²) in [6.07, 6.45) is -0.104. The molecule has 0 amide bonds. The van der Waals surface area contributed by atoms with E-state index in [1.165, 1.54) is 0 Å². The van der Waals surface area contributed by atoms with Gasteiger partial charge in [-0.2, -0.15) is 0 Å². The van der Waals surface area contributed by atoms with Crippen LogP contribution in [0.15, 0.2) is 59.1 Å². The lowest BCUT2D eigenvalue weighted by Gasteiger charge is -2.33. The van der Waals surface area contributed by atoms with Crippen molar-refractivity contribution in [3.8, 4) is 0 Å². The SMILES string of the molecule is CCOP(=O)(OCC)C(CC(C(=O)c1ccc(Br)cc1)c1ccccc1)P(=O)(OCC)OCC. The summed E-state index contributed by atoms with van der Waals surface area (Å²) >= 11 is 3.39. The smallest absolute Gasteiger partial charge is 0.308 e. The molecular weight excluding hydrogens is 542 g/mol. The van der Waals surface area contributed by atoms with Crippen LogP contribution in [0.5, 0.6) is 0 Å². The highest BCUT2D eigenvalue weighted by atomic mass is 79.9. The molecule has 1 atom stereocenters. The summed E-state index contributed by atoms with van der Waals surface area (Å²) in [4.78, 5) is 13.7. The predicted octanol–water partition coefficient (Wildman–Crippen LogP) is 7.66. The van der Waals surface area contributed by atoms with E-state index in [-0.39, 0.29) is 38.6 Å². The van der Waals surface area contributed by atoms with Crippen molar-refractivity contribution in [3.63, 3.8) is 0 Å². The summed E-state index contributed by atoms with van der Waals surface area (Å²) in [7, 11) is -7.99. The lowest BCUT2D eigenvalue weighted by Crippen LogP contribution is -2.24. The Morgan fingerprint density at radius 2 is 1.21 bits per heavy atom. The Morgan fingerprint density at radius 3 is 1.62 bits per heavy atom.